The first kappa shape index (κ1) is 22.2. The van der Waals surface area contributed by atoms with Crippen LogP contribution in [0.4, 0.5) is 0 Å². The third kappa shape index (κ3) is 4.22. The van der Waals surface area contributed by atoms with Crippen LogP contribution in [0.5, 0.6) is 0 Å². The molecule has 0 saturated carbocycles. The van der Waals surface area contributed by atoms with E-state index >= 15 is 0 Å². The number of carbonyl (C=O) groups is 1. The lowest BCUT2D eigenvalue weighted by molar-refractivity contribution is -0.134. The van der Waals surface area contributed by atoms with Gasteiger partial charge < -0.3 is 4.42 Å². The van der Waals surface area contributed by atoms with Crippen LogP contribution < -0.4 is 5.56 Å². The molecule has 2 aromatic heterocycles. The van der Waals surface area contributed by atoms with Gasteiger partial charge in [-0.25, -0.2) is 9.69 Å². The minimum atomic E-state index is -0.559. The second-order valence-electron chi connectivity index (χ2n) is 7.97. The number of rotatable bonds is 6. The summed E-state index contributed by atoms with van der Waals surface area (Å²) in [5.41, 5.74) is 3.60. The van der Waals surface area contributed by atoms with Gasteiger partial charge in [0.2, 0.25) is 0 Å². The molecule has 1 aliphatic rings. The summed E-state index contributed by atoms with van der Waals surface area (Å²) in [5.74, 6) is 0.214. The predicted octanol–water partition coefficient (Wildman–Crippen LogP) is 3.52. The Morgan fingerprint density at radius 3 is 2.58 bits per heavy atom. The molecule has 4 rings (SSSR count). The van der Waals surface area contributed by atoms with Crippen LogP contribution in [0.25, 0.3) is 0 Å². The van der Waals surface area contributed by atoms with E-state index in [1.165, 1.54) is 5.01 Å². The standard InChI is InChI=1S/C25H25N5O3/c1-4-18-19(14-26)25(32)29(27-20(18)5-2)15-24(31)30-22(23-7-6-12-33-23)13-21(28-30)17-10-8-16(3)9-11-17/h6-12,22H,4-5,13,15H2,1-3H3. The summed E-state index contributed by atoms with van der Waals surface area (Å²) < 4.78 is 6.66. The molecule has 0 fully saturated rings. The van der Waals surface area contributed by atoms with Crippen LogP contribution in [-0.4, -0.2) is 26.4 Å². The molecule has 8 heteroatoms. The van der Waals surface area contributed by atoms with E-state index in [-0.39, 0.29) is 12.1 Å². The third-order valence-corrected chi connectivity index (χ3v) is 5.85. The Morgan fingerprint density at radius 2 is 1.97 bits per heavy atom. The zero-order valence-electron chi connectivity index (χ0n) is 18.9. The normalized spacial score (nSPS) is 15.4. The molecule has 3 aromatic rings. The Bertz CT molecular complexity index is 1300. The van der Waals surface area contributed by atoms with Crippen molar-refractivity contribution in [3.63, 3.8) is 0 Å². The number of hydrogen-bond acceptors (Lipinski definition) is 6. The van der Waals surface area contributed by atoms with Crippen molar-refractivity contribution in [1.29, 1.82) is 5.26 Å². The molecular formula is C25H25N5O3. The van der Waals surface area contributed by atoms with Gasteiger partial charge in [0.1, 0.15) is 30.0 Å². The van der Waals surface area contributed by atoms with Crippen molar-refractivity contribution >= 4 is 11.6 Å². The minimum absolute atomic E-state index is 0.0463. The van der Waals surface area contributed by atoms with Crippen LogP contribution in [0.2, 0.25) is 0 Å². The molecule has 1 atom stereocenters. The highest BCUT2D eigenvalue weighted by Gasteiger charge is 2.35. The fourth-order valence-electron chi connectivity index (χ4n) is 4.11. The molecule has 168 valence electrons. The average molecular weight is 444 g/mol. The number of nitriles is 1. The SMILES string of the molecule is CCc1nn(CC(=O)N2N=C(c3ccc(C)cc3)CC2c2ccco2)c(=O)c(C#N)c1CC. The van der Waals surface area contributed by atoms with Crippen LogP contribution in [0.3, 0.4) is 0 Å². The first-order chi connectivity index (χ1) is 16.0. The molecule has 0 spiro atoms. The lowest BCUT2D eigenvalue weighted by atomic mass is 10.0. The Kier molecular flexibility index (Phi) is 6.22. The second-order valence-corrected chi connectivity index (χ2v) is 7.97. The highest BCUT2D eigenvalue weighted by molar-refractivity contribution is 6.03. The highest BCUT2D eigenvalue weighted by atomic mass is 16.3. The van der Waals surface area contributed by atoms with Crippen LogP contribution in [0.1, 0.15) is 60.0 Å². The molecule has 0 bridgehead atoms. The maximum Gasteiger partial charge on any atom is 0.285 e. The van der Waals surface area contributed by atoms with Crippen molar-refractivity contribution in [2.24, 2.45) is 5.10 Å². The van der Waals surface area contributed by atoms with Gasteiger partial charge in [0, 0.05) is 6.42 Å². The Hall–Kier alpha value is -3.99. The number of hydrogen-bond donors (Lipinski definition) is 0. The Morgan fingerprint density at radius 1 is 1.21 bits per heavy atom. The van der Waals surface area contributed by atoms with Gasteiger partial charge in [-0.15, -0.1) is 0 Å². The van der Waals surface area contributed by atoms with Gasteiger partial charge in [-0.3, -0.25) is 9.59 Å². The van der Waals surface area contributed by atoms with E-state index in [9.17, 15) is 14.9 Å². The van der Waals surface area contributed by atoms with Crippen LogP contribution in [0.15, 0.2) is 57.0 Å². The summed E-state index contributed by atoms with van der Waals surface area (Å²) in [7, 11) is 0. The quantitative estimate of drug-likeness (QED) is 0.580. The van der Waals surface area contributed by atoms with Gasteiger partial charge in [-0.05, 0) is 43.0 Å². The van der Waals surface area contributed by atoms with E-state index in [1.54, 1.807) is 12.3 Å². The summed E-state index contributed by atoms with van der Waals surface area (Å²) in [4.78, 5) is 26.2. The second kappa shape index (κ2) is 9.25. The van der Waals surface area contributed by atoms with E-state index in [2.05, 4.69) is 10.2 Å². The Balaban J connectivity index is 1.70. The van der Waals surface area contributed by atoms with Crippen molar-refractivity contribution in [3.05, 3.63) is 86.7 Å². The number of benzene rings is 1. The lowest BCUT2D eigenvalue weighted by Gasteiger charge is -2.20. The van der Waals surface area contributed by atoms with Gasteiger partial charge >= 0.3 is 0 Å². The van der Waals surface area contributed by atoms with Crippen molar-refractivity contribution in [2.75, 3.05) is 0 Å². The largest absolute Gasteiger partial charge is 0.467 e. The molecule has 1 aliphatic heterocycles. The monoisotopic (exact) mass is 443 g/mol. The molecule has 1 unspecified atom stereocenters. The first-order valence-electron chi connectivity index (χ1n) is 11.0. The average Bonchev–Trinajstić information content (AvgIpc) is 3.50. The number of nitrogens with zero attached hydrogens (tertiary/aromatic N) is 5. The zero-order valence-corrected chi connectivity index (χ0v) is 18.9. The molecule has 0 saturated heterocycles. The van der Waals surface area contributed by atoms with Crippen LogP contribution in [0, 0.1) is 18.3 Å². The molecule has 8 nitrogen and oxygen atoms in total. The fraction of sp³-hybridized carbons (Fsp3) is 0.320. The van der Waals surface area contributed by atoms with Gasteiger partial charge in [-0.1, -0.05) is 43.7 Å². The van der Waals surface area contributed by atoms with E-state index in [4.69, 9.17) is 4.42 Å². The summed E-state index contributed by atoms with van der Waals surface area (Å²) in [5, 5.41) is 19.9. The maximum absolute atomic E-state index is 13.4. The van der Waals surface area contributed by atoms with Gasteiger partial charge in [0.15, 0.2) is 0 Å². The number of hydrazone groups is 1. The van der Waals surface area contributed by atoms with Crippen LogP contribution in [-0.2, 0) is 24.2 Å². The van der Waals surface area contributed by atoms with E-state index in [0.717, 1.165) is 21.5 Å². The molecule has 1 amide bonds. The zero-order chi connectivity index (χ0) is 23.5. The summed E-state index contributed by atoms with van der Waals surface area (Å²) in [6.07, 6.45) is 3.13. The first-order valence-corrected chi connectivity index (χ1v) is 11.0. The fourth-order valence-corrected chi connectivity index (χ4v) is 4.11. The van der Waals surface area contributed by atoms with Crippen LogP contribution >= 0.6 is 0 Å². The lowest BCUT2D eigenvalue weighted by Crippen LogP contribution is -2.36. The topological polar surface area (TPSA) is 104 Å². The van der Waals surface area contributed by atoms with Gasteiger partial charge in [-0.2, -0.15) is 15.5 Å². The number of aromatic nitrogens is 2. The smallest absolute Gasteiger partial charge is 0.285 e. The molecule has 0 aliphatic carbocycles. The molecular weight excluding hydrogens is 418 g/mol. The minimum Gasteiger partial charge on any atom is -0.467 e. The summed E-state index contributed by atoms with van der Waals surface area (Å²) in [6.45, 7) is 5.49. The third-order valence-electron chi connectivity index (χ3n) is 5.85. The van der Waals surface area contributed by atoms with Crippen molar-refractivity contribution in [3.8, 4) is 6.07 Å². The highest BCUT2D eigenvalue weighted by Crippen LogP contribution is 2.33. The molecule has 3 heterocycles. The van der Waals surface area contributed by atoms with Gasteiger partial charge in [0.05, 0.1) is 17.7 Å². The number of aryl methyl sites for hydroxylation is 2. The molecule has 33 heavy (non-hydrogen) atoms. The number of carbonyl (C=O) groups excluding carboxylic acids is 1. The van der Waals surface area contributed by atoms with Crippen molar-refractivity contribution < 1.29 is 9.21 Å². The van der Waals surface area contributed by atoms with Gasteiger partial charge in [0.25, 0.3) is 11.5 Å². The summed E-state index contributed by atoms with van der Waals surface area (Å²) >= 11 is 0. The van der Waals surface area contributed by atoms with E-state index < -0.39 is 17.5 Å². The molecule has 0 radical (unpaired) electrons. The van der Waals surface area contributed by atoms with Crippen molar-refractivity contribution in [2.45, 2.75) is 52.6 Å². The van der Waals surface area contributed by atoms with E-state index in [1.807, 2.05) is 57.2 Å². The van der Waals surface area contributed by atoms with Crippen molar-refractivity contribution in [1.82, 2.24) is 14.8 Å². The van der Waals surface area contributed by atoms with E-state index in [0.29, 0.717) is 36.3 Å². The molecule has 1 aromatic carbocycles. The summed E-state index contributed by atoms with van der Waals surface area (Å²) in [6, 6.07) is 13.1. The maximum atomic E-state index is 13.4. The predicted molar refractivity (Wildman–Crippen MR) is 123 cm³/mol. The molecule has 0 N–H and O–H groups in total. The number of furan rings is 1. The Labute approximate surface area is 191 Å². The number of amides is 1.